The highest BCUT2D eigenvalue weighted by Gasteiger charge is 2.25. The Bertz CT molecular complexity index is 568. The van der Waals surface area contributed by atoms with Crippen LogP contribution in [0.4, 0.5) is 4.79 Å². The molecule has 1 aliphatic heterocycles. The third-order valence-corrected chi connectivity index (χ3v) is 4.48. The number of halogens is 1. The molecule has 1 rings (SSSR count). The lowest BCUT2D eigenvalue weighted by Crippen LogP contribution is -2.50. The van der Waals surface area contributed by atoms with E-state index in [1.165, 1.54) is 0 Å². The molecule has 0 aromatic heterocycles. The van der Waals surface area contributed by atoms with Gasteiger partial charge in [-0.2, -0.15) is 0 Å². The lowest BCUT2D eigenvalue weighted by molar-refractivity contribution is 0.0129. The number of rotatable bonds is 6. The molecule has 0 aromatic carbocycles. The Morgan fingerprint density at radius 2 is 1.73 bits per heavy atom. The topological polar surface area (TPSA) is 42.0 Å². The fourth-order valence-electron chi connectivity index (χ4n) is 2.35. The van der Waals surface area contributed by atoms with Crippen molar-refractivity contribution in [2.45, 2.75) is 47.1 Å². The Hall–Kier alpha value is -1.46. The average molecular weight is 385 g/mol. The number of allylic oxidation sites excluding steroid dienone is 5. The number of carbonyl (C=O) groups is 1. The van der Waals surface area contributed by atoms with Crippen molar-refractivity contribution < 1.29 is 14.3 Å². The molecule has 0 bridgehead atoms. The molecule has 1 aliphatic rings. The smallest absolute Gasteiger partial charge is 0.410 e. The number of nitrogens with zero attached hydrogens (tertiary/aromatic N) is 2. The second-order valence-electron chi connectivity index (χ2n) is 7.67. The summed E-state index contributed by atoms with van der Waals surface area (Å²) in [4.78, 5) is 16.1. The Morgan fingerprint density at radius 3 is 2.23 bits per heavy atom. The van der Waals surface area contributed by atoms with Crippen LogP contribution in [-0.2, 0) is 9.47 Å². The van der Waals surface area contributed by atoms with Crippen LogP contribution < -0.4 is 0 Å². The largest absolute Gasteiger partial charge is 0.497 e. The summed E-state index contributed by atoms with van der Waals surface area (Å²) in [6.07, 6.45) is 1.59. The van der Waals surface area contributed by atoms with E-state index in [0.29, 0.717) is 24.7 Å². The number of carbonyl (C=O) groups excluding carboxylic acids is 1. The first-order chi connectivity index (χ1) is 12.0. The second kappa shape index (κ2) is 10.0. The van der Waals surface area contributed by atoms with E-state index in [0.717, 1.165) is 36.5 Å². The van der Waals surface area contributed by atoms with Gasteiger partial charge >= 0.3 is 6.09 Å². The maximum absolute atomic E-state index is 12.1. The molecule has 0 aliphatic carbocycles. The van der Waals surface area contributed by atoms with Gasteiger partial charge in [-0.3, -0.25) is 4.90 Å². The molecule has 0 N–H and O–H groups in total. The van der Waals surface area contributed by atoms with Crippen LogP contribution in [0.25, 0.3) is 0 Å². The minimum absolute atomic E-state index is 0.235. The van der Waals surface area contributed by atoms with Gasteiger partial charge in [0.2, 0.25) is 0 Å². The molecule has 0 radical (unpaired) electrons. The molecule has 148 valence electrons. The molecule has 0 atom stereocenters. The van der Waals surface area contributed by atoms with Gasteiger partial charge in [0.15, 0.2) is 0 Å². The van der Waals surface area contributed by atoms with E-state index in [1.807, 2.05) is 47.6 Å². The summed E-state index contributed by atoms with van der Waals surface area (Å²) in [5, 5.41) is 0.654. The van der Waals surface area contributed by atoms with E-state index in [1.54, 1.807) is 4.90 Å². The molecule has 0 unspecified atom stereocenters. The molecule has 0 saturated carbocycles. The maximum atomic E-state index is 12.1. The quantitative estimate of drug-likeness (QED) is 0.497. The molecule has 1 heterocycles. The molecule has 1 fully saturated rings. The Kier molecular flexibility index (Phi) is 8.71. The first-order valence-corrected chi connectivity index (χ1v) is 9.41. The van der Waals surface area contributed by atoms with Gasteiger partial charge in [0, 0.05) is 37.8 Å². The number of piperazine rings is 1. The van der Waals surface area contributed by atoms with E-state index >= 15 is 0 Å². The lowest BCUT2D eigenvalue weighted by Gasteiger charge is -2.35. The first kappa shape index (κ1) is 22.6. The summed E-state index contributed by atoms with van der Waals surface area (Å²) in [7, 11) is 0. The van der Waals surface area contributed by atoms with Crippen LogP contribution in [-0.4, -0.2) is 60.8 Å². The molecule has 6 heteroatoms. The van der Waals surface area contributed by atoms with Crippen molar-refractivity contribution in [3.8, 4) is 0 Å². The van der Waals surface area contributed by atoms with Crippen molar-refractivity contribution in [2.24, 2.45) is 0 Å². The molecule has 5 nitrogen and oxygen atoms in total. The van der Waals surface area contributed by atoms with Gasteiger partial charge in [-0.25, -0.2) is 4.79 Å². The van der Waals surface area contributed by atoms with Crippen molar-refractivity contribution in [1.29, 1.82) is 0 Å². The highest BCUT2D eigenvalue weighted by molar-refractivity contribution is 6.31. The summed E-state index contributed by atoms with van der Waals surface area (Å²) >= 11 is 6.24. The number of amides is 1. The van der Waals surface area contributed by atoms with E-state index < -0.39 is 5.60 Å². The maximum Gasteiger partial charge on any atom is 0.410 e. The van der Waals surface area contributed by atoms with Gasteiger partial charge in [0.1, 0.15) is 12.2 Å². The van der Waals surface area contributed by atoms with E-state index in [2.05, 4.69) is 11.5 Å². The van der Waals surface area contributed by atoms with Crippen LogP contribution in [0.5, 0.6) is 0 Å². The Balaban J connectivity index is 2.35. The van der Waals surface area contributed by atoms with Gasteiger partial charge in [-0.05, 0) is 53.2 Å². The molecule has 0 spiro atoms. The summed E-state index contributed by atoms with van der Waals surface area (Å²) in [6, 6.07) is 0. The predicted octanol–water partition coefficient (Wildman–Crippen LogP) is 4.55. The number of ether oxygens (including phenoxy) is 2. The van der Waals surface area contributed by atoms with Crippen molar-refractivity contribution in [3.05, 3.63) is 34.6 Å². The Labute approximate surface area is 163 Å². The second-order valence-corrected chi connectivity index (χ2v) is 8.07. The fraction of sp³-hybridized carbons (Fsp3) is 0.650. The van der Waals surface area contributed by atoms with Gasteiger partial charge in [0.05, 0.1) is 5.76 Å². The van der Waals surface area contributed by atoms with Gasteiger partial charge in [-0.15, -0.1) is 0 Å². The third kappa shape index (κ3) is 8.28. The Morgan fingerprint density at radius 1 is 1.15 bits per heavy atom. The molecule has 1 amide bonds. The van der Waals surface area contributed by atoms with E-state index in [-0.39, 0.29) is 6.09 Å². The van der Waals surface area contributed by atoms with Crippen molar-refractivity contribution in [1.82, 2.24) is 9.80 Å². The highest BCUT2D eigenvalue weighted by atomic mass is 35.5. The van der Waals surface area contributed by atoms with Crippen LogP contribution in [0, 0.1) is 0 Å². The van der Waals surface area contributed by atoms with Crippen LogP contribution in [0.1, 0.15) is 41.5 Å². The van der Waals surface area contributed by atoms with Gasteiger partial charge in [-0.1, -0.05) is 23.8 Å². The van der Waals surface area contributed by atoms with Crippen molar-refractivity contribution >= 4 is 17.7 Å². The summed E-state index contributed by atoms with van der Waals surface area (Å²) in [5.41, 5.74) is 1.46. The van der Waals surface area contributed by atoms with E-state index in [9.17, 15) is 4.79 Å². The van der Waals surface area contributed by atoms with Gasteiger partial charge in [0.25, 0.3) is 0 Å². The molecular formula is C20H33ClN2O3. The average Bonchev–Trinajstić information content (AvgIpc) is 2.52. The number of hydrogen-bond donors (Lipinski definition) is 0. The molecule has 26 heavy (non-hydrogen) atoms. The zero-order chi connectivity index (χ0) is 19.9. The van der Waals surface area contributed by atoms with E-state index in [4.69, 9.17) is 21.1 Å². The van der Waals surface area contributed by atoms with Crippen LogP contribution in [0.15, 0.2) is 34.6 Å². The molecule has 0 aromatic rings. The van der Waals surface area contributed by atoms with Gasteiger partial charge < -0.3 is 14.4 Å². The first-order valence-electron chi connectivity index (χ1n) is 9.03. The van der Waals surface area contributed by atoms with Crippen LogP contribution >= 0.6 is 11.6 Å². The zero-order valence-electron chi connectivity index (χ0n) is 17.0. The zero-order valence-corrected chi connectivity index (χ0v) is 17.8. The SMILES string of the molecule is C=C(C)/C(C)=C(Cl)/C=C(\C)OCCN1CCN(C(=O)OC(C)(C)C)CC1. The standard InChI is InChI=1S/C20H33ClN2O3/c1-15(2)17(4)18(21)14-16(3)25-13-12-22-8-10-23(11-9-22)19(24)26-20(5,6)7/h14H,1,8-13H2,2-7H3/b16-14+,18-17-. The summed E-state index contributed by atoms with van der Waals surface area (Å²) < 4.78 is 11.2. The minimum atomic E-state index is -0.454. The number of hydrogen-bond acceptors (Lipinski definition) is 4. The molecular weight excluding hydrogens is 352 g/mol. The third-order valence-electron chi connectivity index (χ3n) is 4.09. The summed E-state index contributed by atoms with van der Waals surface area (Å²) in [6.45, 7) is 19.7. The minimum Gasteiger partial charge on any atom is -0.497 e. The monoisotopic (exact) mass is 384 g/mol. The summed E-state index contributed by atoms with van der Waals surface area (Å²) in [5.74, 6) is 0.781. The van der Waals surface area contributed by atoms with Crippen molar-refractivity contribution in [2.75, 3.05) is 39.3 Å². The predicted molar refractivity (Wildman–Crippen MR) is 107 cm³/mol. The lowest BCUT2D eigenvalue weighted by atomic mass is 10.1. The van der Waals surface area contributed by atoms with Crippen LogP contribution in [0.3, 0.4) is 0 Å². The van der Waals surface area contributed by atoms with Crippen molar-refractivity contribution in [3.63, 3.8) is 0 Å². The highest BCUT2D eigenvalue weighted by Crippen LogP contribution is 2.19. The molecule has 1 saturated heterocycles. The fourth-order valence-corrected chi connectivity index (χ4v) is 2.66. The normalized spacial score (nSPS) is 17.7. The van der Waals surface area contributed by atoms with Crippen LogP contribution in [0.2, 0.25) is 0 Å².